The van der Waals surface area contributed by atoms with Crippen LogP contribution in [0.3, 0.4) is 0 Å². The third-order valence-corrected chi connectivity index (χ3v) is 6.16. The number of nitrogens with two attached hydrogens (primary N) is 1. The monoisotopic (exact) mass is 455 g/mol. The first-order valence-electron chi connectivity index (χ1n) is 9.66. The molecule has 0 aliphatic carbocycles. The van der Waals surface area contributed by atoms with Gasteiger partial charge in [0.05, 0.1) is 12.0 Å². The largest absolute Gasteiger partial charge is 0.488 e. The SMILES string of the molecule is CC(C)(C)c1ccc(COc2ccccc2C=NNC(=O)CSc2nnc(N)s2)cc1. The second kappa shape index (κ2) is 10.4. The zero-order valence-corrected chi connectivity index (χ0v) is 19.3. The Morgan fingerprint density at radius 1 is 1.19 bits per heavy atom. The lowest BCUT2D eigenvalue weighted by Gasteiger charge is -2.19. The van der Waals surface area contributed by atoms with E-state index in [9.17, 15) is 4.79 Å². The molecule has 0 fully saturated rings. The number of carbonyl (C=O) groups excluding carboxylic acids is 1. The van der Waals surface area contributed by atoms with Crippen molar-refractivity contribution in [1.82, 2.24) is 15.6 Å². The standard InChI is InChI=1S/C22H25N5O2S2/c1-22(2,3)17-10-8-15(9-11-17)13-29-18-7-5-4-6-16(18)12-24-25-19(28)14-30-21-27-26-20(23)31-21/h4-12H,13-14H2,1-3H3,(H2,23,26)(H,25,28). The lowest BCUT2D eigenvalue weighted by Crippen LogP contribution is -2.19. The van der Waals surface area contributed by atoms with Gasteiger partial charge in [0.15, 0.2) is 4.34 Å². The van der Waals surface area contributed by atoms with Gasteiger partial charge >= 0.3 is 0 Å². The van der Waals surface area contributed by atoms with Gasteiger partial charge in [0.25, 0.3) is 5.91 Å². The molecule has 0 radical (unpaired) electrons. The van der Waals surface area contributed by atoms with Crippen LogP contribution in [-0.2, 0) is 16.8 Å². The zero-order valence-electron chi connectivity index (χ0n) is 17.7. The Bertz CT molecular complexity index is 1040. The lowest BCUT2D eigenvalue weighted by molar-refractivity contribution is -0.118. The van der Waals surface area contributed by atoms with Crippen LogP contribution in [0.4, 0.5) is 5.13 Å². The molecule has 0 saturated heterocycles. The number of benzene rings is 2. The summed E-state index contributed by atoms with van der Waals surface area (Å²) in [6.07, 6.45) is 1.57. The number of hydrogen-bond acceptors (Lipinski definition) is 8. The van der Waals surface area contributed by atoms with Gasteiger partial charge in [0.2, 0.25) is 5.13 Å². The molecule has 0 spiro atoms. The molecule has 2 aromatic carbocycles. The molecule has 0 aliphatic rings. The first-order chi connectivity index (χ1) is 14.8. The van der Waals surface area contributed by atoms with E-state index in [1.54, 1.807) is 6.21 Å². The molecule has 1 heterocycles. The number of para-hydroxylation sites is 1. The van der Waals surface area contributed by atoms with Crippen molar-refractivity contribution in [3.63, 3.8) is 0 Å². The summed E-state index contributed by atoms with van der Waals surface area (Å²) in [5, 5.41) is 12.0. The van der Waals surface area contributed by atoms with E-state index in [0.717, 1.165) is 11.1 Å². The average Bonchev–Trinajstić information content (AvgIpc) is 3.16. The van der Waals surface area contributed by atoms with Gasteiger partial charge < -0.3 is 10.5 Å². The van der Waals surface area contributed by atoms with Gasteiger partial charge in [-0.25, -0.2) is 5.43 Å². The number of hydrazone groups is 1. The quantitative estimate of drug-likeness (QED) is 0.299. The van der Waals surface area contributed by atoms with E-state index in [4.69, 9.17) is 10.5 Å². The number of carbonyl (C=O) groups is 1. The van der Waals surface area contributed by atoms with Crippen molar-refractivity contribution in [2.24, 2.45) is 5.10 Å². The van der Waals surface area contributed by atoms with Crippen LogP contribution in [0.15, 0.2) is 58.0 Å². The minimum atomic E-state index is -0.243. The number of amides is 1. The molecule has 1 amide bonds. The molecule has 1 aromatic heterocycles. The number of hydrogen-bond donors (Lipinski definition) is 2. The average molecular weight is 456 g/mol. The third-order valence-electron chi connectivity index (χ3n) is 4.28. The highest BCUT2D eigenvalue weighted by Crippen LogP contribution is 2.24. The molecule has 0 unspecified atom stereocenters. The van der Waals surface area contributed by atoms with Crippen LogP contribution < -0.4 is 15.9 Å². The molecule has 3 rings (SSSR count). The summed E-state index contributed by atoms with van der Waals surface area (Å²) in [6, 6.07) is 16.0. The van der Waals surface area contributed by atoms with Crippen LogP contribution in [0.5, 0.6) is 5.75 Å². The van der Waals surface area contributed by atoms with E-state index in [2.05, 4.69) is 65.8 Å². The molecular weight excluding hydrogens is 430 g/mol. The molecule has 9 heteroatoms. The van der Waals surface area contributed by atoms with Crippen LogP contribution in [0.1, 0.15) is 37.5 Å². The van der Waals surface area contributed by atoms with Crippen molar-refractivity contribution >= 4 is 40.4 Å². The normalized spacial score (nSPS) is 11.6. The zero-order chi connectivity index (χ0) is 22.3. The molecule has 3 aromatic rings. The Kier molecular flexibility index (Phi) is 7.64. The van der Waals surface area contributed by atoms with Gasteiger partial charge in [-0.15, -0.1) is 10.2 Å². The Hall–Kier alpha value is -2.91. The fourth-order valence-electron chi connectivity index (χ4n) is 2.59. The molecule has 0 aliphatic heterocycles. The van der Waals surface area contributed by atoms with E-state index in [1.165, 1.54) is 28.7 Å². The summed E-state index contributed by atoms with van der Waals surface area (Å²) >= 11 is 2.50. The Morgan fingerprint density at radius 2 is 1.94 bits per heavy atom. The van der Waals surface area contributed by atoms with Crippen LogP contribution in [0, 0.1) is 0 Å². The Morgan fingerprint density at radius 3 is 2.61 bits per heavy atom. The number of thioether (sulfide) groups is 1. The van der Waals surface area contributed by atoms with Gasteiger partial charge in [-0.2, -0.15) is 5.10 Å². The van der Waals surface area contributed by atoms with Crippen LogP contribution >= 0.6 is 23.1 Å². The van der Waals surface area contributed by atoms with Crippen molar-refractivity contribution in [2.75, 3.05) is 11.5 Å². The highest BCUT2D eigenvalue weighted by atomic mass is 32.2. The summed E-state index contributed by atoms with van der Waals surface area (Å²) < 4.78 is 6.62. The number of nitrogens with one attached hydrogen (secondary N) is 1. The van der Waals surface area contributed by atoms with Crippen molar-refractivity contribution < 1.29 is 9.53 Å². The molecule has 3 N–H and O–H groups in total. The van der Waals surface area contributed by atoms with E-state index >= 15 is 0 Å². The van der Waals surface area contributed by atoms with Crippen molar-refractivity contribution in [1.29, 1.82) is 0 Å². The second-order valence-corrected chi connectivity index (χ2v) is 9.99. The van der Waals surface area contributed by atoms with Crippen LogP contribution in [0.25, 0.3) is 0 Å². The lowest BCUT2D eigenvalue weighted by atomic mass is 9.87. The molecule has 0 saturated carbocycles. The molecule has 0 bridgehead atoms. The number of rotatable bonds is 8. The fraction of sp³-hybridized carbons (Fsp3) is 0.273. The van der Waals surface area contributed by atoms with Gasteiger partial charge in [-0.1, -0.05) is 80.3 Å². The molecule has 162 valence electrons. The van der Waals surface area contributed by atoms with Crippen LogP contribution in [0.2, 0.25) is 0 Å². The van der Waals surface area contributed by atoms with Gasteiger partial charge in [-0.05, 0) is 28.7 Å². The molecule has 31 heavy (non-hydrogen) atoms. The van der Waals surface area contributed by atoms with E-state index in [1.807, 2.05) is 24.3 Å². The first-order valence-corrected chi connectivity index (χ1v) is 11.5. The number of nitrogens with zero attached hydrogens (tertiary/aromatic N) is 3. The smallest absolute Gasteiger partial charge is 0.250 e. The minimum Gasteiger partial charge on any atom is -0.488 e. The minimum absolute atomic E-state index is 0.121. The highest BCUT2D eigenvalue weighted by molar-refractivity contribution is 8.01. The Labute approximate surface area is 190 Å². The summed E-state index contributed by atoms with van der Waals surface area (Å²) in [6.45, 7) is 7.02. The number of nitrogen functional groups attached to an aromatic ring is 1. The van der Waals surface area contributed by atoms with E-state index in [0.29, 0.717) is 21.8 Å². The molecule has 7 nitrogen and oxygen atoms in total. The molecular formula is C22H25N5O2S2. The maximum absolute atomic E-state index is 12.0. The van der Waals surface area contributed by atoms with Gasteiger partial charge in [-0.3, -0.25) is 4.79 Å². The summed E-state index contributed by atoms with van der Waals surface area (Å²) in [7, 11) is 0. The number of aromatic nitrogens is 2. The van der Waals surface area contributed by atoms with E-state index < -0.39 is 0 Å². The van der Waals surface area contributed by atoms with E-state index in [-0.39, 0.29) is 17.1 Å². The number of ether oxygens (including phenoxy) is 1. The highest BCUT2D eigenvalue weighted by Gasteiger charge is 2.13. The number of anilines is 1. The van der Waals surface area contributed by atoms with Crippen molar-refractivity contribution in [3.05, 3.63) is 65.2 Å². The van der Waals surface area contributed by atoms with Crippen LogP contribution in [-0.4, -0.2) is 28.1 Å². The summed E-state index contributed by atoms with van der Waals surface area (Å²) in [5.74, 6) is 0.626. The van der Waals surface area contributed by atoms with Gasteiger partial charge in [0, 0.05) is 5.56 Å². The first kappa shape index (κ1) is 22.8. The summed E-state index contributed by atoms with van der Waals surface area (Å²) in [4.78, 5) is 12.0. The topological polar surface area (TPSA) is 102 Å². The Balaban J connectivity index is 1.53. The predicted octanol–water partition coefficient (Wildman–Crippen LogP) is 4.24. The predicted molar refractivity (Wildman–Crippen MR) is 127 cm³/mol. The van der Waals surface area contributed by atoms with Gasteiger partial charge in [0.1, 0.15) is 12.4 Å². The maximum Gasteiger partial charge on any atom is 0.250 e. The van der Waals surface area contributed by atoms with Crippen molar-refractivity contribution in [2.45, 2.75) is 37.1 Å². The summed E-state index contributed by atoms with van der Waals surface area (Å²) in [5.41, 5.74) is 11.3. The molecule has 0 atom stereocenters. The van der Waals surface area contributed by atoms with Crippen molar-refractivity contribution in [3.8, 4) is 5.75 Å². The third kappa shape index (κ3) is 7.08. The maximum atomic E-state index is 12.0. The fourth-order valence-corrected chi connectivity index (χ4v) is 4.02. The second-order valence-electron chi connectivity index (χ2n) is 7.76.